The summed E-state index contributed by atoms with van der Waals surface area (Å²) in [5, 5.41) is 6.56. The van der Waals surface area contributed by atoms with E-state index < -0.39 is 9.84 Å². The van der Waals surface area contributed by atoms with Crippen LogP contribution in [0.5, 0.6) is 0 Å². The van der Waals surface area contributed by atoms with Gasteiger partial charge in [-0.05, 0) is 36.1 Å². The highest BCUT2D eigenvalue weighted by atomic mass is 127. The highest BCUT2D eigenvalue weighted by Crippen LogP contribution is 2.10. The van der Waals surface area contributed by atoms with Crippen molar-refractivity contribution in [3.8, 4) is 0 Å². The number of hydrogen-bond donors (Lipinski definition) is 2. The second-order valence-corrected chi connectivity index (χ2v) is 7.84. The Morgan fingerprint density at radius 1 is 0.885 bits per heavy atom. The van der Waals surface area contributed by atoms with E-state index in [1.165, 1.54) is 11.8 Å². The third-order valence-electron chi connectivity index (χ3n) is 3.83. The molecule has 0 fully saturated rings. The average molecular weight is 487 g/mol. The van der Waals surface area contributed by atoms with E-state index in [1.807, 2.05) is 30.3 Å². The summed E-state index contributed by atoms with van der Waals surface area (Å²) in [6.45, 7) is 1.54. The molecular weight excluding hydrogens is 461 g/mol. The summed E-state index contributed by atoms with van der Waals surface area (Å²) in [6.07, 6.45) is 2.95. The van der Waals surface area contributed by atoms with E-state index in [1.54, 1.807) is 19.2 Å². The molecular formula is C19H26IN3O2S. The van der Waals surface area contributed by atoms with Crippen LogP contribution < -0.4 is 10.6 Å². The maximum atomic E-state index is 11.5. The largest absolute Gasteiger partial charge is 0.356 e. The van der Waals surface area contributed by atoms with Crippen LogP contribution in [0.1, 0.15) is 11.1 Å². The van der Waals surface area contributed by atoms with Crippen molar-refractivity contribution in [1.29, 1.82) is 0 Å². The van der Waals surface area contributed by atoms with Crippen LogP contribution >= 0.6 is 24.0 Å². The summed E-state index contributed by atoms with van der Waals surface area (Å²) < 4.78 is 22.9. The van der Waals surface area contributed by atoms with E-state index in [9.17, 15) is 8.42 Å². The predicted molar refractivity (Wildman–Crippen MR) is 118 cm³/mol. The molecule has 2 N–H and O–H groups in total. The van der Waals surface area contributed by atoms with Gasteiger partial charge in [-0.25, -0.2) is 8.42 Å². The molecule has 0 aliphatic heterocycles. The van der Waals surface area contributed by atoms with Gasteiger partial charge < -0.3 is 10.6 Å². The van der Waals surface area contributed by atoms with Crippen molar-refractivity contribution in [3.63, 3.8) is 0 Å². The number of rotatable bonds is 7. The fourth-order valence-electron chi connectivity index (χ4n) is 2.42. The molecule has 0 radical (unpaired) electrons. The first-order valence-corrected chi connectivity index (χ1v) is 10.2. The van der Waals surface area contributed by atoms with Crippen LogP contribution in [0, 0.1) is 0 Å². The van der Waals surface area contributed by atoms with Gasteiger partial charge in [0.15, 0.2) is 15.8 Å². The molecule has 26 heavy (non-hydrogen) atoms. The van der Waals surface area contributed by atoms with Gasteiger partial charge in [0.1, 0.15) is 0 Å². The zero-order chi connectivity index (χ0) is 18.1. The third-order valence-corrected chi connectivity index (χ3v) is 4.96. The lowest BCUT2D eigenvalue weighted by Crippen LogP contribution is -2.39. The Bertz CT molecular complexity index is 791. The minimum atomic E-state index is -3.14. The molecule has 0 aliphatic carbocycles. The Morgan fingerprint density at radius 2 is 1.38 bits per heavy atom. The van der Waals surface area contributed by atoms with Crippen molar-refractivity contribution in [2.75, 3.05) is 26.4 Å². The Labute approximate surface area is 173 Å². The summed E-state index contributed by atoms with van der Waals surface area (Å²) in [4.78, 5) is 4.56. The SMILES string of the molecule is CN=C(NCCc1ccccc1)NCCc1ccc(S(C)(=O)=O)cc1.I. The van der Waals surface area contributed by atoms with E-state index in [2.05, 4.69) is 27.8 Å². The molecule has 2 aromatic rings. The number of halogens is 1. The number of benzene rings is 2. The molecule has 5 nitrogen and oxygen atoms in total. The van der Waals surface area contributed by atoms with Crippen molar-refractivity contribution in [2.24, 2.45) is 4.99 Å². The number of guanidine groups is 1. The van der Waals surface area contributed by atoms with E-state index in [4.69, 9.17) is 0 Å². The van der Waals surface area contributed by atoms with Gasteiger partial charge in [0.25, 0.3) is 0 Å². The van der Waals surface area contributed by atoms with Crippen LogP contribution in [0.4, 0.5) is 0 Å². The molecule has 0 heterocycles. The average Bonchev–Trinajstić information content (AvgIpc) is 2.61. The first-order valence-electron chi connectivity index (χ1n) is 8.26. The number of nitrogens with zero attached hydrogens (tertiary/aromatic N) is 1. The molecule has 7 heteroatoms. The number of aliphatic imine (C=N–C) groups is 1. The molecule has 0 aromatic heterocycles. The fourth-order valence-corrected chi connectivity index (χ4v) is 3.05. The Balaban J connectivity index is 0.00000338. The van der Waals surface area contributed by atoms with Crippen LogP contribution in [0.15, 0.2) is 64.5 Å². The van der Waals surface area contributed by atoms with Crippen molar-refractivity contribution in [3.05, 3.63) is 65.7 Å². The quantitative estimate of drug-likeness (QED) is 0.358. The highest BCUT2D eigenvalue weighted by molar-refractivity contribution is 14.0. The van der Waals surface area contributed by atoms with Crippen LogP contribution in [0.25, 0.3) is 0 Å². The molecule has 0 spiro atoms. The topological polar surface area (TPSA) is 70.6 Å². The zero-order valence-electron chi connectivity index (χ0n) is 15.1. The first kappa shape index (κ1) is 22.4. The van der Waals surface area contributed by atoms with E-state index in [-0.39, 0.29) is 24.0 Å². The highest BCUT2D eigenvalue weighted by Gasteiger charge is 2.06. The Morgan fingerprint density at radius 3 is 1.85 bits per heavy atom. The molecule has 0 saturated carbocycles. The Hall–Kier alpha value is -1.61. The van der Waals surface area contributed by atoms with E-state index in [0.29, 0.717) is 4.90 Å². The summed E-state index contributed by atoms with van der Waals surface area (Å²) >= 11 is 0. The number of nitrogens with one attached hydrogen (secondary N) is 2. The number of hydrogen-bond acceptors (Lipinski definition) is 3. The Kier molecular flexibility index (Phi) is 9.64. The summed E-state index contributed by atoms with van der Waals surface area (Å²) in [6, 6.07) is 17.3. The standard InChI is InChI=1S/C19H25N3O2S.HI/c1-20-19(21-14-12-16-6-4-3-5-7-16)22-15-13-17-8-10-18(11-9-17)25(2,23)24;/h3-11H,12-15H2,1-2H3,(H2,20,21,22);1H. The minimum Gasteiger partial charge on any atom is -0.356 e. The van der Waals surface area contributed by atoms with Crippen molar-refractivity contribution >= 4 is 39.8 Å². The van der Waals surface area contributed by atoms with Crippen molar-refractivity contribution in [1.82, 2.24) is 10.6 Å². The number of sulfone groups is 1. The third kappa shape index (κ3) is 7.74. The lowest BCUT2D eigenvalue weighted by atomic mass is 10.1. The maximum absolute atomic E-state index is 11.5. The first-order chi connectivity index (χ1) is 12.0. The van der Waals surface area contributed by atoms with Gasteiger partial charge >= 0.3 is 0 Å². The summed E-state index contributed by atoms with van der Waals surface area (Å²) in [5.41, 5.74) is 2.37. The van der Waals surface area contributed by atoms with Crippen LogP contribution in [0.3, 0.4) is 0 Å². The lowest BCUT2D eigenvalue weighted by molar-refractivity contribution is 0.602. The van der Waals surface area contributed by atoms with E-state index >= 15 is 0 Å². The molecule has 0 atom stereocenters. The molecule has 0 aliphatic rings. The van der Waals surface area contributed by atoms with E-state index in [0.717, 1.165) is 37.5 Å². The van der Waals surface area contributed by atoms with Crippen molar-refractivity contribution in [2.45, 2.75) is 17.7 Å². The molecule has 0 bridgehead atoms. The van der Waals surface area contributed by atoms with Gasteiger partial charge in [-0.3, -0.25) is 4.99 Å². The van der Waals surface area contributed by atoms with Crippen LogP contribution in [0.2, 0.25) is 0 Å². The monoisotopic (exact) mass is 487 g/mol. The van der Waals surface area contributed by atoms with Gasteiger partial charge in [0.2, 0.25) is 0 Å². The molecule has 2 aromatic carbocycles. The van der Waals surface area contributed by atoms with Gasteiger partial charge in [-0.1, -0.05) is 42.5 Å². The molecule has 2 rings (SSSR count). The predicted octanol–water partition coefficient (Wildman–Crippen LogP) is 2.66. The van der Waals surface area contributed by atoms with Gasteiger partial charge in [-0.15, -0.1) is 24.0 Å². The minimum absolute atomic E-state index is 0. The summed E-state index contributed by atoms with van der Waals surface area (Å²) in [7, 11) is -1.39. The van der Waals surface area contributed by atoms with Gasteiger partial charge in [0.05, 0.1) is 4.90 Å². The zero-order valence-corrected chi connectivity index (χ0v) is 18.3. The second kappa shape index (κ2) is 11.2. The molecule has 0 amide bonds. The molecule has 142 valence electrons. The van der Waals surface area contributed by atoms with Gasteiger partial charge in [-0.2, -0.15) is 0 Å². The smallest absolute Gasteiger partial charge is 0.190 e. The van der Waals surface area contributed by atoms with Crippen molar-refractivity contribution < 1.29 is 8.42 Å². The second-order valence-electron chi connectivity index (χ2n) is 5.83. The normalized spacial score (nSPS) is 11.5. The van der Waals surface area contributed by atoms with Crippen LogP contribution in [-0.4, -0.2) is 40.8 Å². The van der Waals surface area contributed by atoms with Crippen LogP contribution in [-0.2, 0) is 22.7 Å². The lowest BCUT2D eigenvalue weighted by Gasteiger charge is -2.12. The fraction of sp³-hybridized carbons (Fsp3) is 0.316. The molecule has 0 saturated heterocycles. The molecule has 0 unspecified atom stereocenters. The summed E-state index contributed by atoms with van der Waals surface area (Å²) in [5.74, 6) is 0.767. The van der Waals surface area contributed by atoms with Gasteiger partial charge in [0, 0.05) is 26.4 Å². The maximum Gasteiger partial charge on any atom is 0.190 e.